The number of nitrogens with zero attached hydrogens (tertiary/aromatic N) is 3. The van der Waals surface area contributed by atoms with Gasteiger partial charge in [-0.2, -0.15) is 0 Å². The highest BCUT2D eigenvalue weighted by molar-refractivity contribution is 5.55. The van der Waals surface area contributed by atoms with Crippen molar-refractivity contribution in [2.75, 3.05) is 25.7 Å². The zero-order valence-electron chi connectivity index (χ0n) is 14.5. The number of benzene rings is 1. The van der Waals surface area contributed by atoms with E-state index in [-0.39, 0.29) is 5.75 Å². The van der Waals surface area contributed by atoms with Crippen molar-refractivity contribution >= 4 is 5.69 Å². The molecule has 0 N–H and O–H groups in total. The summed E-state index contributed by atoms with van der Waals surface area (Å²) in [5, 5.41) is 0. The minimum atomic E-state index is -0.673. The Kier molecular flexibility index (Phi) is 4.49. The molecule has 0 aliphatic carbocycles. The molecule has 0 spiro atoms. The molecule has 0 saturated heterocycles. The first-order valence-corrected chi connectivity index (χ1v) is 8.04. The molecule has 1 aromatic heterocycles. The van der Waals surface area contributed by atoms with E-state index >= 15 is 0 Å². The number of ether oxygens (including phenoxy) is 1. The first-order chi connectivity index (χ1) is 11.4. The largest absolute Gasteiger partial charge is 0.493 e. The number of anilines is 1. The monoisotopic (exact) mass is 335 g/mol. The predicted octanol–water partition coefficient (Wildman–Crippen LogP) is 3.44. The van der Waals surface area contributed by atoms with Crippen molar-refractivity contribution in [2.45, 2.75) is 33.0 Å². The Morgan fingerprint density at radius 2 is 1.96 bits per heavy atom. The quantitative estimate of drug-likeness (QED) is 0.854. The fourth-order valence-corrected chi connectivity index (χ4v) is 3.29. The van der Waals surface area contributed by atoms with E-state index in [9.17, 15) is 8.78 Å². The molecule has 3 rings (SSSR count). The maximum Gasteiger partial charge on any atom is 0.168 e. The van der Waals surface area contributed by atoms with E-state index in [1.54, 1.807) is 0 Å². The SMILES string of the molecule is COc1c(F)cc(F)cc1Cn1cc2c(c1)N(C(C)C)CN(C)C2. The lowest BCUT2D eigenvalue weighted by Crippen LogP contribution is -2.43. The maximum absolute atomic E-state index is 13.9. The smallest absolute Gasteiger partial charge is 0.168 e. The van der Waals surface area contributed by atoms with Gasteiger partial charge in [-0.05, 0) is 27.0 Å². The number of methoxy groups -OCH3 is 1. The topological polar surface area (TPSA) is 20.6 Å². The van der Waals surface area contributed by atoms with Gasteiger partial charge in [0.1, 0.15) is 5.82 Å². The highest BCUT2D eigenvalue weighted by Gasteiger charge is 2.24. The molecule has 1 aromatic carbocycles. The van der Waals surface area contributed by atoms with Crippen molar-refractivity contribution in [1.82, 2.24) is 9.47 Å². The van der Waals surface area contributed by atoms with E-state index in [0.29, 0.717) is 18.2 Å². The molecule has 0 unspecified atom stereocenters. The normalized spacial score (nSPS) is 15.0. The standard InChI is InChI=1S/C18H23F2N3O/c1-12(2)23-11-21(3)7-14-9-22(10-17(14)23)8-13-5-15(19)6-16(20)18(13)24-4/h5-6,9-10,12H,7-8,11H2,1-4H3. The van der Waals surface area contributed by atoms with Gasteiger partial charge in [-0.1, -0.05) is 0 Å². The lowest BCUT2D eigenvalue weighted by Gasteiger charge is -2.37. The summed E-state index contributed by atoms with van der Waals surface area (Å²) in [6.07, 6.45) is 4.09. The summed E-state index contributed by atoms with van der Waals surface area (Å²) in [5.74, 6) is -1.17. The Morgan fingerprint density at radius 3 is 2.62 bits per heavy atom. The van der Waals surface area contributed by atoms with Crippen LogP contribution in [0.2, 0.25) is 0 Å². The summed E-state index contributed by atoms with van der Waals surface area (Å²) < 4.78 is 34.5. The van der Waals surface area contributed by atoms with Crippen LogP contribution < -0.4 is 9.64 Å². The number of aromatic nitrogens is 1. The maximum atomic E-state index is 13.9. The molecule has 4 nitrogen and oxygen atoms in total. The number of rotatable bonds is 4. The highest BCUT2D eigenvalue weighted by Crippen LogP contribution is 2.31. The Labute approximate surface area is 141 Å². The molecule has 130 valence electrons. The number of hydrogen-bond acceptors (Lipinski definition) is 3. The second-order valence-electron chi connectivity index (χ2n) is 6.64. The zero-order valence-corrected chi connectivity index (χ0v) is 14.5. The molecule has 0 atom stereocenters. The molecule has 0 fully saturated rings. The lowest BCUT2D eigenvalue weighted by molar-refractivity contribution is 0.301. The lowest BCUT2D eigenvalue weighted by atomic mass is 10.2. The Bertz CT molecular complexity index is 742. The van der Waals surface area contributed by atoms with Crippen molar-refractivity contribution in [3.8, 4) is 5.75 Å². The third-order valence-corrected chi connectivity index (χ3v) is 4.35. The molecule has 24 heavy (non-hydrogen) atoms. The number of halogens is 2. The second kappa shape index (κ2) is 6.43. The molecule has 0 radical (unpaired) electrons. The molecular weight excluding hydrogens is 312 g/mol. The van der Waals surface area contributed by atoms with E-state index < -0.39 is 11.6 Å². The van der Waals surface area contributed by atoms with Crippen LogP contribution in [0.1, 0.15) is 25.0 Å². The molecule has 6 heteroatoms. The van der Waals surface area contributed by atoms with Crippen LogP contribution in [-0.4, -0.2) is 36.3 Å². The fraction of sp³-hybridized carbons (Fsp3) is 0.444. The summed E-state index contributed by atoms with van der Waals surface area (Å²) in [6.45, 7) is 6.41. The molecular formula is C18H23F2N3O. The van der Waals surface area contributed by atoms with E-state index in [0.717, 1.165) is 19.3 Å². The summed E-state index contributed by atoms with van der Waals surface area (Å²) >= 11 is 0. The average molecular weight is 335 g/mol. The molecule has 0 bridgehead atoms. The van der Waals surface area contributed by atoms with Gasteiger partial charge in [0.05, 0.1) is 26.0 Å². The van der Waals surface area contributed by atoms with E-state index in [2.05, 4.69) is 30.7 Å². The average Bonchev–Trinajstić information content (AvgIpc) is 2.87. The van der Waals surface area contributed by atoms with Crippen LogP contribution in [0.15, 0.2) is 24.5 Å². The van der Waals surface area contributed by atoms with Crippen molar-refractivity contribution in [1.29, 1.82) is 0 Å². The van der Waals surface area contributed by atoms with Crippen LogP contribution >= 0.6 is 0 Å². The van der Waals surface area contributed by atoms with Gasteiger partial charge < -0.3 is 14.2 Å². The van der Waals surface area contributed by atoms with Crippen molar-refractivity contribution in [2.24, 2.45) is 0 Å². The summed E-state index contributed by atoms with van der Waals surface area (Å²) in [7, 11) is 3.48. The summed E-state index contributed by atoms with van der Waals surface area (Å²) in [4.78, 5) is 4.56. The van der Waals surface area contributed by atoms with Gasteiger partial charge in [0, 0.05) is 42.2 Å². The van der Waals surface area contributed by atoms with Crippen LogP contribution in [0.25, 0.3) is 0 Å². The highest BCUT2D eigenvalue weighted by atomic mass is 19.1. The van der Waals surface area contributed by atoms with Crippen LogP contribution in [-0.2, 0) is 13.1 Å². The van der Waals surface area contributed by atoms with Crippen LogP contribution in [0.3, 0.4) is 0 Å². The number of fused-ring (bicyclic) bond motifs is 1. The van der Waals surface area contributed by atoms with Gasteiger partial charge in [0.25, 0.3) is 0 Å². The van der Waals surface area contributed by atoms with Crippen molar-refractivity contribution in [3.05, 3.63) is 47.3 Å². The zero-order chi connectivity index (χ0) is 17.4. The first-order valence-electron chi connectivity index (χ1n) is 8.04. The Hall–Kier alpha value is -2.08. The van der Waals surface area contributed by atoms with E-state index in [4.69, 9.17) is 4.74 Å². The van der Waals surface area contributed by atoms with Gasteiger partial charge in [-0.15, -0.1) is 0 Å². The van der Waals surface area contributed by atoms with Crippen LogP contribution in [0.5, 0.6) is 5.75 Å². The Morgan fingerprint density at radius 1 is 1.21 bits per heavy atom. The van der Waals surface area contributed by atoms with Gasteiger partial charge >= 0.3 is 0 Å². The van der Waals surface area contributed by atoms with Crippen LogP contribution in [0.4, 0.5) is 14.5 Å². The first kappa shape index (κ1) is 16.8. The third-order valence-electron chi connectivity index (χ3n) is 4.35. The second-order valence-corrected chi connectivity index (χ2v) is 6.64. The Balaban J connectivity index is 1.95. The van der Waals surface area contributed by atoms with E-state index in [1.807, 2.05) is 17.0 Å². The van der Waals surface area contributed by atoms with Gasteiger partial charge in [0.15, 0.2) is 11.6 Å². The molecule has 2 aromatic rings. The van der Waals surface area contributed by atoms with Crippen molar-refractivity contribution < 1.29 is 13.5 Å². The van der Waals surface area contributed by atoms with Crippen molar-refractivity contribution in [3.63, 3.8) is 0 Å². The number of hydrogen-bond donors (Lipinski definition) is 0. The fourth-order valence-electron chi connectivity index (χ4n) is 3.29. The molecule has 1 aliphatic rings. The summed E-state index contributed by atoms with van der Waals surface area (Å²) in [5.41, 5.74) is 2.89. The third kappa shape index (κ3) is 3.11. The minimum Gasteiger partial charge on any atom is -0.493 e. The van der Waals surface area contributed by atoms with Gasteiger partial charge in [-0.25, -0.2) is 8.78 Å². The predicted molar refractivity (Wildman–Crippen MR) is 90.4 cm³/mol. The molecule has 0 saturated carbocycles. The van der Waals surface area contributed by atoms with Gasteiger partial charge in [-0.3, -0.25) is 4.90 Å². The molecule has 0 amide bonds. The summed E-state index contributed by atoms with van der Waals surface area (Å²) in [6, 6.07) is 2.55. The van der Waals surface area contributed by atoms with Crippen LogP contribution in [0, 0.1) is 11.6 Å². The van der Waals surface area contributed by atoms with Gasteiger partial charge in [0.2, 0.25) is 0 Å². The molecule has 2 heterocycles. The van der Waals surface area contributed by atoms with E-state index in [1.165, 1.54) is 24.4 Å². The molecule has 1 aliphatic heterocycles. The minimum absolute atomic E-state index is 0.0981.